The normalized spacial score (nSPS) is 24.2. The Labute approximate surface area is 181 Å². The average molecular weight is 424 g/mol. The van der Waals surface area contributed by atoms with Crippen molar-refractivity contribution in [3.8, 4) is 0 Å². The molecule has 0 unspecified atom stereocenters. The molecule has 5 rings (SSSR count). The molecule has 164 valence electrons. The Balaban J connectivity index is 1.38. The largest absolute Gasteiger partial charge is 0.368 e. The first-order valence-corrected chi connectivity index (χ1v) is 11.3. The number of nitrogens with one attached hydrogen (secondary N) is 1. The number of aromatic nitrogens is 3. The molecule has 0 spiro atoms. The Hall–Kier alpha value is -2.58. The summed E-state index contributed by atoms with van der Waals surface area (Å²) in [6.45, 7) is 3.61. The molecule has 0 bridgehead atoms. The summed E-state index contributed by atoms with van der Waals surface area (Å²) in [5, 5.41) is 0. The van der Waals surface area contributed by atoms with Gasteiger partial charge in [-0.15, -0.1) is 0 Å². The lowest BCUT2D eigenvalue weighted by Crippen LogP contribution is -2.45. The summed E-state index contributed by atoms with van der Waals surface area (Å²) in [6.07, 6.45) is 8.47. The van der Waals surface area contributed by atoms with E-state index >= 15 is 0 Å². The summed E-state index contributed by atoms with van der Waals surface area (Å²) in [7, 11) is 0. The molecule has 8 nitrogen and oxygen atoms in total. The van der Waals surface area contributed by atoms with Crippen molar-refractivity contribution < 1.29 is 9.53 Å². The number of fused-ring (bicyclic) bond motifs is 1. The highest BCUT2D eigenvalue weighted by Crippen LogP contribution is 2.31. The van der Waals surface area contributed by atoms with Crippen molar-refractivity contribution in [3.05, 3.63) is 57.5 Å². The van der Waals surface area contributed by atoms with Gasteiger partial charge in [0.05, 0.1) is 11.7 Å². The van der Waals surface area contributed by atoms with Crippen LogP contribution in [0.25, 0.3) is 0 Å². The number of ether oxygens (including phenoxy) is 1. The summed E-state index contributed by atoms with van der Waals surface area (Å²) in [4.78, 5) is 42.2. The molecule has 0 aliphatic carbocycles. The van der Waals surface area contributed by atoms with Crippen LogP contribution in [0, 0.1) is 0 Å². The SMILES string of the molecule is O=C([C@H]1CCCO1)N1CCCC[C@H]1c1nc2c(c(=O)[nH]1)CCN(Cc1ccncc1)C2. The van der Waals surface area contributed by atoms with E-state index in [2.05, 4.69) is 14.9 Å². The first kappa shape index (κ1) is 20.3. The number of rotatable bonds is 4. The second-order valence-electron chi connectivity index (χ2n) is 8.74. The lowest BCUT2D eigenvalue weighted by molar-refractivity contribution is -0.145. The minimum absolute atomic E-state index is 0.0434. The maximum atomic E-state index is 13.1. The molecule has 2 aromatic heterocycles. The van der Waals surface area contributed by atoms with E-state index in [1.54, 1.807) is 12.4 Å². The third kappa shape index (κ3) is 4.27. The van der Waals surface area contributed by atoms with Gasteiger partial charge < -0.3 is 14.6 Å². The van der Waals surface area contributed by atoms with Crippen molar-refractivity contribution in [3.63, 3.8) is 0 Å². The highest BCUT2D eigenvalue weighted by Gasteiger charge is 2.36. The van der Waals surface area contributed by atoms with Gasteiger partial charge in [-0.2, -0.15) is 0 Å². The molecule has 0 radical (unpaired) electrons. The second-order valence-corrected chi connectivity index (χ2v) is 8.74. The zero-order chi connectivity index (χ0) is 21.2. The van der Waals surface area contributed by atoms with Gasteiger partial charge in [-0.25, -0.2) is 4.98 Å². The summed E-state index contributed by atoms with van der Waals surface area (Å²) in [5.74, 6) is 0.669. The molecule has 2 aromatic rings. The Morgan fingerprint density at radius 3 is 2.84 bits per heavy atom. The van der Waals surface area contributed by atoms with E-state index in [-0.39, 0.29) is 23.6 Å². The standard InChI is InChI=1S/C23H29N5O3/c29-22-17-8-12-27(14-16-6-9-24-10-7-16)15-18(17)25-21(26-22)19-4-1-2-11-28(19)23(30)20-5-3-13-31-20/h6-7,9-10,19-20H,1-5,8,11-15H2,(H,25,26,29)/t19-,20+/m0/s1. The van der Waals surface area contributed by atoms with Gasteiger partial charge in [0, 0.05) is 50.7 Å². The first-order chi connectivity index (χ1) is 15.2. The molecular formula is C23H29N5O3. The molecule has 1 N–H and O–H groups in total. The fraction of sp³-hybridized carbons (Fsp3) is 0.565. The highest BCUT2D eigenvalue weighted by molar-refractivity contribution is 5.81. The van der Waals surface area contributed by atoms with Gasteiger partial charge in [-0.05, 0) is 56.2 Å². The molecular weight excluding hydrogens is 394 g/mol. The van der Waals surface area contributed by atoms with Crippen LogP contribution in [0.5, 0.6) is 0 Å². The van der Waals surface area contributed by atoms with Crippen molar-refractivity contribution >= 4 is 5.91 Å². The number of pyridine rings is 1. The molecule has 3 aliphatic heterocycles. The van der Waals surface area contributed by atoms with Crippen LogP contribution in [-0.2, 0) is 29.0 Å². The van der Waals surface area contributed by atoms with Crippen molar-refractivity contribution in [2.24, 2.45) is 0 Å². The minimum atomic E-state index is -0.346. The fourth-order valence-electron chi connectivity index (χ4n) is 4.99. The molecule has 0 aromatic carbocycles. The van der Waals surface area contributed by atoms with E-state index in [1.807, 2.05) is 17.0 Å². The van der Waals surface area contributed by atoms with Crippen molar-refractivity contribution in [1.82, 2.24) is 24.8 Å². The van der Waals surface area contributed by atoms with Gasteiger partial charge in [0.15, 0.2) is 0 Å². The summed E-state index contributed by atoms with van der Waals surface area (Å²) in [6, 6.07) is 3.85. The van der Waals surface area contributed by atoms with E-state index in [4.69, 9.17) is 9.72 Å². The van der Waals surface area contributed by atoms with Gasteiger partial charge in [0.2, 0.25) is 0 Å². The van der Waals surface area contributed by atoms with Crippen molar-refractivity contribution in [2.45, 2.75) is 63.8 Å². The number of piperidine rings is 1. The van der Waals surface area contributed by atoms with Crippen molar-refractivity contribution in [1.29, 1.82) is 0 Å². The van der Waals surface area contributed by atoms with Gasteiger partial charge in [0.25, 0.3) is 11.5 Å². The smallest absolute Gasteiger partial charge is 0.254 e. The van der Waals surface area contributed by atoms with Crippen molar-refractivity contribution in [2.75, 3.05) is 19.7 Å². The monoisotopic (exact) mass is 423 g/mol. The van der Waals surface area contributed by atoms with Gasteiger partial charge in [0.1, 0.15) is 11.9 Å². The number of hydrogen-bond acceptors (Lipinski definition) is 6. The summed E-state index contributed by atoms with van der Waals surface area (Å²) < 4.78 is 5.64. The molecule has 31 heavy (non-hydrogen) atoms. The molecule has 1 amide bonds. The summed E-state index contributed by atoms with van der Waals surface area (Å²) in [5.41, 5.74) is 2.76. The lowest BCUT2D eigenvalue weighted by Gasteiger charge is -2.37. The molecule has 2 saturated heterocycles. The van der Waals surface area contributed by atoms with Gasteiger partial charge in [-0.1, -0.05) is 0 Å². The Morgan fingerprint density at radius 2 is 2.03 bits per heavy atom. The minimum Gasteiger partial charge on any atom is -0.368 e. The van der Waals surface area contributed by atoms with Crippen LogP contribution in [0.1, 0.15) is 60.8 Å². The van der Waals surface area contributed by atoms with E-state index in [1.165, 1.54) is 5.56 Å². The van der Waals surface area contributed by atoms with Gasteiger partial charge in [-0.3, -0.25) is 19.5 Å². The zero-order valence-corrected chi connectivity index (χ0v) is 17.8. The number of likely N-dealkylation sites (tertiary alicyclic amines) is 1. The quantitative estimate of drug-likeness (QED) is 0.808. The predicted molar refractivity (Wildman–Crippen MR) is 114 cm³/mol. The zero-order valence-electron chi connectivity index (χ0n) is 17.8. The average Bonchev–Trinajstić information content (AvgIpc) is 3.34. The molecule has 2 atom stereocenters. The van der Waals surface area contributed by atoms with Gasteiger partial charge >= 0.3 is 0 Å². The third-order valence-electron chi connectivity index (χ3n) is 6.63. The Bertz CT molecular complexity index is 986. The highest BCUT2D eigenvalue weighted by atomic mass is 16.5. The second kappa shape index (κ2) is 8.88. The number of amides is 1. The summed E-state index contributed by atoms with van der Waals surface area (Å²) >= 11 is 0. The number of hydrogen-bond donors (Lipinski definition) is 1. The number of aromatic amines is 1. The first-order valence-electron chi connectivity index (χ1n) is 11.3. The molecule has 3 aliphatic rings. The topological polar surface area (TPSA) is 91.4 Å². The van der Waals surface area contributed by atoms with Crippen LogP contribution in [0.2, 0.25) is 0 Å². The molecule has 5 heterocycles. The maximum Gasteiger partial charge on any atom is 0.254 e. The van der Waals surface area contributed by atoms with Crippen LogP contribution in [0.4, 0.5) is 0 Å². The molecule has 2 fully saturated rings. The third-order valence-corrected chi connectivity index (χ3v) is 6.63. The fourth-order valence-corrected chi connectivity index (χ4v) is 4.99. The Kier molecular flexibility index (Phi) is 5.82. The van der Waals surface area contributed by atoms with E-state index in [9.17, 15) is 9.59 Å². The molecule has 0 saturated carbocycles. The van der Waals surface area contributed by atoms with Crippen LogP contribution < -0.4 is 5.56 Å². The van der Waals surface area contributed by atoms with E-state index in [0.29, 0.717) is 31.9 Å². The lowest BCUT2D eigenvalue weighted by atomic mass is 9.99. The number of nitrogens with zero attached hydrogens (tertiary/aromatic N) is 4. The Morgan fingerprint density at radius 1 is 1.16 bits per heavy atom. The van der Waals surface area contributed by atoms with Crippen LogP contribution >= 0.6 is 0 Å². The van der Waals surface area contributed by atoms with E-state index in [0.717, 1.165) is 56.5 Å². The number of H-pyrrole nitrogens is 1. The molecule has 8 heteroatoms. The van der Waals surface area contributed by atoms with Crippen LogP contribution in [-0.4, -0.2) is 56.5 Å². The van der Waals surface area contributed by atoms with Crippen LogP contribution in [0.15, 0.2) is 29.3 Å². The number of carbonyl (C=O) groups excluding carboxylic acids is 1. The maximum absolute atomic E-state index is 13.1. The van der Waals surface area contributed by atoms with E-state index < -0.39 is 0 Å². The number of carbonyl (C=O) groups is 1. The van der Waals surface area contributed by atoms with Crippen LogP contribution in [0.3, 0.4) is 0 Å². The predicted octanol–water partition coefficient (Wildman–Crippen LogP) is 1.96.